The maximum absolute atomic E-state index is 12.4. The zero-order valence-corrected chi connectivity index (χ0v) is 15.0. The minimum absolute atomic E-state index is 0.0884. The largest absolute Gasteiger partial charge is 0.483 e. The van der Waals surface area contributed by atoms with Gasteiger partial charge in [0, 0.05) is 6.20 Å². The van der Waals surface area contributed by atoms with E-state index in [4.69, 9.17) is 4.74 Å². The Morgan fingerprint density at radius 3 is 2.88 bits per heavy atom. The molecule has 134 valence electrons. The number of carbonyl (C=O) groups is 1. The number of nitrogens with zero attached hydrogens (tertiary/aromatic N) is 4. The number of hydrogen-bond acceptors (Lipinski definition) is 5. The number of hydrogen-bond donors (Lipinski definition) is 1. The van der Waals surface area contributed by atoms with E-state index in [2.05, 4.69) is 34.2 Å². The van der Waals surface area contributed by atoms with Gasteiger partial charge in [-0.3, -0.25) is 4.79 Å². The van der Waals surface area contributed by atoms with Gasteiger partial charge in [-0.15, -0.1) is 0 Å². The number of amides is 1. The molecular formula is C19H21N5O2. The highest BCUT2D eigenvalue weighted by Crippen LogP contribution is 2.27. The van der Waals surface area contributed by atoms with Gasteiger partial charge in [-0.1, -0.05) is 26.0 Å². The molecule has 26 heavy (non-hydrogen) atoms. The summed E-state index contributed by atoms with van der Waals surface area (Å²) in [5.74, 6) is 1.27. The predicted molar refractivity (Wildman–Crippen MR) is 98.5 cm³/mol. The number of benzene rings is 1. The van der Waals surface area contributed by atoms with Gasteiger partial charge < -0.3 is 10.1 Å². The zero-order valence-electron chi connectivity index (χ0n) is 15.0. The summed E-state index contributed by atoms with van der Waals surface area (Å²) in [4.78, 5) is 20.5. The number of carbonyl (C=O) groups excluding carboxylic acids is 1. The molecule has 3 rings (SSSR count). The van der Waals surface area contributed by atoms with Crippen LogP contribution in [0.15, 0.2) is 49.2 Å². The highest BCUT2D eigenvalue weighted by molar-refractivity contribution is 5.93. The quantitative estimate of drug-likeness (QED) is 0.738. The molecule has 7 heteroatoms. The van der Waals surface area contributed by atoms with Crippen LogP contribution in [-0.2, 0) is 4.79 Å². The molecule has 0 aliphatic rings. The number of anilines is 1. The van der Waals surface area contributed by atoms with Crippen molar-refractivity contribution in [1.82, 2.24) is 19.7 Å². The number of nitrogens with one attached hydrogen (secondary N) is 1. The molecule has 3 aromatic rings. The van der Waals surface area contributed by atoms with Crippen LogP contribution in [0.1, 0.15) is 30.9 Å². The molecule has 0 aliphatic heterocycles. The van der Waals surface area contributed by atoms with Gasteiger partial charge in [-0.25, -0.2) is 14.6 Å². The van der Waals surface area contributed by atoms with Gasteiger partial charge in [0.2, 0.25) is 0 Å². The second-order valence-electron chi connectivity index (χ2n) is 6.25. The van der Waals surface area contributed by atoms with Crippen LogP contribution < -0.4 is 10.1 Å². The molecule has 0 bridgehead atoms. The van der Waals surface area contributed by atoms with Crippen molar-refractivity contribution >= 4 is 11.6 Å². The molecule has 7 nitrogen and oxygen atoms in total. The Morgan fingerprint density at radius 1 is 1.31 bits per heavy atom. The minimum Gasteiger partial charge on any atom is -0.483 e. The van der Waals surface area contributed by atoms with Gasteiger partial charge >= 0.3 is 0 Å². The number of aryl methyl sites for hydroxylation is 1. The average molecular weight is 351 g/mol. The molecule has 0 spiro atoms. The van der Waals surface area contributed by atoms with E-state index in [1.807, 2.05) is 25.1 Å². The number of rotatable bonds is 6. The second kappa shape index (κ2) is 7.77. The van der Waals surface area contributed by atoms with Crippen LogP contribution in [0.25, 0.3) is 5.82 Å². The number of ether oxygens (including phenoxy) is 1. The van der Waals surface area contributed by atoms with Crippen LogP contribution in [0.3, 0.4) is 0 Å². The van der Waals surface area contributed by atoms with Gasteiger partial charge in [-0.05, 0) is 42.2 Å². The molecular weight excluding hydrogens is 330 g/mol. The molecule has 0 unspecified atom stereocenters. The molecule has 0 radical (unpaired) electrons. The van der Waals surface area contributed by atoms with Crippen LogP contribution in [0.5, 0.6) is 5.75 Å². The molecule has 1 amide bonds. The normalized spacial score (nSPS) is 10.8. The highest BCUT2D eigenvalue weighted by atomic mass is 16.5. The summed E-state index contributed by atoms with van der Waals surface area (Å²) in [7, 11) is 0. The molecule has 0 fully saturated rings. The van der Waals surface area contributed by atoms with E-state index in [0.29, 0.717) is 17.4 Å². The van der Waals surface area contributed by atoms with E-state index in [-0.39, 0.29) is 12.5 Å². The van der Waals surface area contributed by atoms with Crippen LogP contribution in [0.4, 0.5) is 5.69 Å². The van der Waals surface area contributed by atoms with E-state index in [1.54, 1.807) is 18.3 Å². The lowest BCUT2D eigenvalue weighted by molar-refractivity contribution is -0.118. The van der Waals surface area contributed by atoms with Crippen molar-refractivity contribution in [3.63, 3.8) is 0 Å². The van der Waals surface area contributed by atoms with E-state index in [1.165, 1.54) is 17.3 Å². The van der Waals surface area contributed by atoms with Gasteiger partial charge in [0.25, 0.3) is 5.91 Å². The molecule has 2 aromatic heterocycles. The third-order valence-electron chi connectivity index (χ3n) is 3.85. The summed E-state index contributed by atoms with van der Waals surface area (Å²) in [5, 5.41) is 6.87. The first-order chi connectivity index (χ1) is 12.5. The first-order valence-electron chi connectivity index (χ1n) is 8.38. The van der Waals surface area contributed by atoms with Crippen molar-refractivity contribution in [2.75, 3.05) is 11.9 Å². The predicted octanol–water partition coefficient (Wildman–Crippen LogP) is 3.11. The molecule has 1 N–H and O–H groups in total. The van der Waals surface area contributed by atoms with Crippen molar-refractivity contribution in [3.05, 3.63) is 60.3 Å². The molecule has 0 saturated heterocycles. The maximum Gasteiger partial charge on any atom is 0.262 e. The monoisotopic (exact) mass is 351 g/mol. The Hall–Kier alpha value is -3.22. The highest BCUT2D eigenvalue weighted by Gasteiger charge is 2.13. The Balaban J connectivity index is 1.71. The summed E-state index contributed by atoms with van der Waals surface area (Å²) in [6, 6.07) is 9.54. The SMILES string of the molecule is Cc1ccc(C(C)C)c(OCC(=O)Nc2cccnc2-n2cncn2)c1. The molecule has 2 heterocycles. The maximum atomic E-state index is 12.4. The van der Waals surface area contributed by atoms with Crippen LogP contribution in [0, 0.1) is 6.92 Å². The molecule has 0 atom stereocenters. The molecule has 0 saturated carbocycles. The Bertz CT molecular complexity index is 891. The van der Waals surface area contributed by atoms with Gasteiger partial charge in [0.05, 0.1) is 5.69 Å². The number of pyridine rings is 1. The van der Waals surface area contributed by atoms with Crippen molar-refractivity contribution in [2.24, 2.45) is 0 Å². The van der Waals surface area contributed by atoms with Gasteiger partial charge in [-0.2, -0.15) is 5.10 Å². The van der Waals surface area contributed by atoms with Crippen molar-refractivity contribution in [3.8, 4) is 11.6 Å². The second-order valence-corrected chi connectivity index (χ2v) is 6.25. The lowest BCUT2D eigenvalue weighted by atomic mass is 10.0. The first kappa shape index (κ1) is 17.6. The van der Waals surface area contributed by atoms with Crippen LogP contribution in [0.2, 0.25) is 0 Å². The van der Waals surface area contributed by atoms with Crippen LogP contribution in [-0.4, -0.2) is 32.3 Å². The zero-order chi connectivity index (χ0) is 18.5. The standard InChI is InChI=1S/C19H21N5O2/c1-13(2)15-7-6-14(3)9-17(15)26-10-18(25)23-16-5-4-8-21-19(16)24-12-20-11-22-24/h4-9,11-13H,10H2,1-3H3,(H,23,25). The fourth-order valence-electron chi connectivity index (χ4n) is 2.57. The smallest absolute Gasteiger partial charge is 0.262 e. The topological polar surface area (TPSA) is 81.9 Å². The van der Waals surface area contributed by atoms with E-state index < -0.39 is 0 Å². The minimum atomic E-state index is -0.268. The lowest BCUT2D eigenvalue weighted by Crippen LogP contribution is -2.22. The third kappa shape index (κ3) is 4.05. The lowest BCUT2D eigenvalue weighted by Gasteiger charge is -2.15. The van der Waals surface area contributed by atoms with E-state index in [0.717, 1.165) is 16.9 Å². The van der Waals surface area contributed by atoms with E-state index >= 15 is 0 Å². The third-order valence-corrected chi connectivity index (χ3v) is 3.85. The summed E-state index contributed by atoms with van der Waals surface area (Å²) < 4.78 is 7.27. The number of aromatic nitrogens is 4. The van der Waals surface area contributed by atoms with Crippen molar-refractivity contribution in [1.29, 1.82) is 0 Å². The molecule has 0 aliphatic carbocycles. The summed E-state index contributed by atoms with van der Waals surface area (Å²) in [5.41, 5.74) is 2.71. The van der Waals surface area contributed by atoms with E-state index in [9.17, 15) is 4.79 Å². The Morgan fingerprint density at radius 2 is 2.15 bits per heavy atom. The summed E-state index contributed by atoms with van der Waals surface area (Å²) in [6.07, 6.45) is 4.57. The van der Waals surface area contributed by atoms with Crippen molar-refractivity contribution in [2.45, 2.75) is 26.7 Å². The first-order valence-corrected chi connectivity index (χ1v) is 8.38. The van der Waals surface area contributed by atoms with Crippen molar-refractivity contribution < 1.29 is 9.53 Å². The summed E-state index contributed by atoms with van der Waals surface area (Å²) >= 11 is 0. The average Bonchev–Trinajstić information content (AvgIpc) is 3.14. The summed E-state index contributed by atoms with van der Waals surface area (Å²) in [6.45, 7) is 6.10. The Kier molecular flexibility index (Phi) is 5.26. The molecule has 1 aromatic carbocycles. The fourth-order valence-corrected chi connectivity index (χ4v) is 2.57. The Labute approximate surface area is 152 Å². The van der Waals surface area contributed by atoms with Gasteiger partial charge in [0.15, 0.2) is 12.4 Å². The van der Waals surface area contributed by atoms with Crippen LogP contribution >= 0.6 is 0 Å². The fraction of sp³-hybridized carbons (Fsp3) is 0.263. The van der Waals surface area contributed by atoms with Gasteiger partial charge in [0.1, 0.15) is 18.4 Å².